The number of aromatic nitrogens is 1. The van der Waals surface area contributed by atoms with Crippen molar-refractivity contribution in [1.29, 1.82) is 0 Å². The van der Waals surface area contributed by atoms with E-state index < -0.39 is 17.6 Å². The summed E-state index contributed by atoms with van der Waals surface area (Å²) < 4.78 is 26.5. The molecule has 0 atom stereocenters. The van der Waals surface area contributed by atoms with Gasteiger partial charge in [-0.15, -0.1) is 11.3 Å². The molecule has 0 saturated heterocycles. The fourth-order valence-corrected chi connectivity index (χ4v) is 3.25. The van der Waals surface area contributed by atoms with Crippen molar-refractivity contribution < 1.29 is 18.4 Å². The third-order valence-corrected chi connectivity index (χ3v) is 4.89. The Kier molecular flexibility index (Phi) is 6.10. The first kappa shape index (κ1) is 19.6. The number of aryl methyl sites for hydroxylation is 1. The summed E-state index contributed by atoms with van der Waals surface area (Å²) >= 11 is 1.42. The molecule has 0 fully saturated rings. The summed E-state index contributed by atoms with van der Waals surface area (Å²) in [5, 5.41) is 7.46. The van der Waals surface area contributed by atoms with Crippen molar-refractivity contribution in [3.05, 3.63) is 70.7 Å². The quantitative estimate of drug-likeness (QED) is 0.641. The van der Waals surface area contributed by atoms with E-state index in [2.05, 4.69) is 15.6 Å². The first-order valence-corrected chi connectivity index (χ1v) is 9.36. The number of carbonyl (C=O) groups excluding carboxylic acids is 2. The number of rotatable bonds is 5. The summed E-state index contributed by atoms with van der Waals surface area (Å²) in [5.41, 5.74) is 2.23. The van der Waals surface area contributed by atoms with Gasteiger partial charge in [0, 0.05) is 29.6 Å². The summed E-state index contributed by atoms with van der Waals surface area (Å²) in [6, 6.07) is 10.2. The minimum atomic E-state index is -0.867. The van der Waals surface area contributed by atoms with Gasteiger partial charge in [0.1, 0.15) is 16.6 Å². The first-order valence-electron chi connectivity index (χ1n) is 8.48. The van der Waals surface area contributed by atoms with Gasteiger partial charge in [-0.3, -0.25) is 9.59 Å². The maximum absolute atomic E-state index is 13.5. The minimum absolute atomic E-state index is 0.215. The van der Waals surface area contributed by atoms with Crippen LogP contribution in [-0.2, 0) is 16.0 Å². The number of carbonyl (C=O) groups is 2. The Morgan fingerprint density at radius 2 is 1.82 bits per heavy atom. The van der Waals surface area contributed by atoms with Gasteiger partial charge >= 0.3 is 11.8 Å². The normalized spacial score (nSPS) is 10.5. The summed E-state index contributed by atoms with van der Waals surface area (Å²) in [7, 11) is 0. The topological polar surface area (TPSA) is 71.1 Å². The van der Waals surface area contributed by atoms with Crippen molar-refractivity contribution in [3.63, 3.8) is 0 Å². The summed E-state index contributed by atoms with van der Waals surface area (Å²) in [5.74, 6) is -2.45. The Bertz CT molecular complexity index is 1000. The predicted molar refractivity (Wildman–Crippen MR) is 104 cm³/mol. The highest BCUT2D eigenvalue weighted by Gasteiger charge is 2.14. The fraction of sp³-hybridized carbons (Fsp3) is 0.150. The van der Waals surface area contributed by atoms with E-state index in [0.717, 1.165) is 22.3 Å². The second-order valence-corrected chi connectivity index (χ2v) is 6.93. The third kappa shape index (κ3) is 4.98. The van der Waals surface area contributed by atoms with Crippen molar-refractivity contribution in [2.24, 2.45) is 0 Å². The number of thiazole rings is 1. The van der Waals surface area contributed by atoms with E-state index in [1.54, 1.807) is 19.1 Å². The Morgan fingerprint density at radius 1 is 1.07 bits per heavy atom. The maximum atomic E-state index is 13.5. The van der Waals surface area contributed by atoms with Gasteiger partial charge in [-0.2, -0.15) is 0 Å². The molecule has 1 aromatic heterocycles. The molecule has 8 heteroatoms. The van der Waals surface area contributed by atoms with Crippen LogP contribution in [0.15, 0.2) is 47.8 Å². The maximum Gasteiger partial charge on any atom is 0.313 e. The number of amides is 2. The highest BCUT2D eigenvalue weighted by atomic mass is 32.1. The van der Waals surface area contributed by atoms with Gasteiger partial charge < -0.3 is 10.6 Å². The molecular formula is C20H17F2N3O2S. The Morgan fingerprint density at radius 3 is 2.54 bits per heavy atom. The lowest BCUT2D eigenvalue weighted by molar-refractivity contribution is -0.136. The van der Waals surface area contributed by atoms with E-state index in [-0.39, 0.29) is 18.0 Å². The molecule has 2 aromatic carbocycles. The lowest BCUT2D eigenvalue weighted by Gasteiger charge is -2.07. The van der Waals surface area contributed by atoms with Crippen LogP contribution in [0.25, 0.3) is 10.6 Å². The van der Waals surface area contributed by atoms with Gasteiger partial charge in [0.25, 0.3) is 0 Å². The highest BCUT2D eigenvalue weighted by Crippen LogP contribution is 2.24. The number of hydrogen-bond acceptors (Lipinski definition) is 4. The average Bonchev–Trinajstić information content (AvgIpc) is 3.14. The first-order chi connectivity index (χ1) is 13.4. The molecule has 0 aliphatic carbocycles. The molecule has 0 unspecified atom stereocenters. The van der Waals surface area contributed by atoms with Crippen LogP contribution in [0.5, 0.6) is 0 Å². The average molecular weight is 401 g/mol. The Labute approximate surface area is 164 Å². The second kappa shape index (κ2) is 8.71. The zero-order chi connectivity index (χ0) is 20.1. The van der Waals surface area contributed by atoms with Gasteiger partial charge in [0.15, 0.2) is 0 Å². The number of anilines is 1. The van der Waals surface area contributed by atoms with E-state index in [1.807, 2.05) is 5.38 Å². The zero-order valence-electron chi connectivity index (χ0n) is 15.0. The number of halogens is 2. The van der Waals surface area contributed by atoms with Gasteiger partial charge in [0.2, 0.25) is 0 Å². The van der Waals surface area contributed by atoms with Crippen molar-refractivity contribution in [3.8, 4) is 10.6 Å². The van der Waals surface area contributed by atoms with Gasteiger partial charge in [-0.05, 0) is 48.9 Å². The molecule has 0 radical (unpaired) electrons. The van der Waals surface area contributed by atoms with E-state index in [4.69, 9.17) is 0 Å². The lowest BCUT2D eigenvalue weighted by atomic mass is 10.2. The molecular weight excluding hydrogens is 384 g/mol. The van der Waals surface area contributed by atoms with Crippen LogP contribution in [0.4, 0.5) is 14.5 Å². The molecule has 2 amide bonds. The van der Waals surface area contributed by atoms with Gasteiger partial charge in [0.05, 0.1) is 5.69 Å². The van der Waals surface area contributed by atoms with Gasteiger partial charge in [-0.1, -0.05) is 6.07 Å². The monoisotopic (exact) mass is 401 g/mol. The molecule has 0 aliphatic heterocycles. The zero-order valence-corrected chi connectivity index (χ0v) is 15.8. The van der Waals surface area contributed by atoms with E-state index >= 15 is 0 Å². The van der Waals surface area contributed by atoms with Crippen LogP contribution >= 0.6 is 11.3 Å². The summed E-state index contributed by atoms with van der Waals surface area (Å²) in [6.07, 6.45) is 0.440. The van der Waals surface area contributed by atoms with E-state index in [0.29, 0.717) is 12.0 Å². The second-order valence-electron chi connectivity index (χ2n) is 6.07. The molecule has 0 spiro atoms. The van der Waals surface area contributed by atoms with Crippen LogP contribution in [0.1, 0.15) is 11.3 Å². The van der Waals surface area contributed by atoms with Crippen molar-refractivity contribution >= 4 is 28.8 Å². The molecule has 5 nitrogen and oxygen atoms in total. The standard InChI is InChI=1S/C20H17F2N3O2S/c1-12-2-7-15(10-17(12)22)24-19(27)18(26)23-9-8-16-11-28-20(25-16)13-3-5-14(21)6-4-13/h2-7,10-11H,8-9H2,1H3,(H,23,26)(H,24,27). The number of nitrogens with zero attached hydrogens (tertiary/aromatic N) is 1. The van der Waals surface area contributed by atoms with Crippen LogP contribution in [0.3, 0.4) is 0 Å². The molecule has 0 aliphatic rings. The largest absolute Gasteiger partial charge is 0.347 e. The Balaban J connectivity index is 1.49. The fourth-order valence-electron chi connectivity index (χ4n) is 2.39. The van der Waals surface area contributed by atoms with Crippen LogP contribution < -0.4 is 10.6 Å². The minimum Gasteiger partial charge on any atom is -0.347 e. The van der Waals surface area contributed by atoms with Gasteiger partial charge in [-0.25, -0.2) is 13.8 Å². The molecule has 28 heavy (non-hydrogen) atoms. The molecule has 144 valence electrons. The van der Waals surface area contributed by atoms with E-state index in [9.17, 15) is 18.4 Å². The van der Waals surface area contributed by atoms with E-state index in [1.165, 1.54) is 35.6 Å². The number of nitrogens with one attached hydrogen (secondary N) is 2. The number of hydrogen-bond donors (Lipinski definition) is 2. The van der Waals surface area contributed by atoms with Crippen molar-refractivity contribution in [2.45, 2.75) is 13.3 Å². The molecule has 3 aromatic rings. The highest BCUT2D eigenvalue weighted by molar-refractivity contribution is 7.13. The molecule has 1 heterocycles. The number of benzene rings is 2. The lowest BCUT2D eigenvalue weighted by Crippen LogP contribution is -2.36. The SMILES string of the molecule is Cc1ccc(NC(=O)C(=O)NCCc2csc(-c3ccc(F)cc3)n2)cc1F. The van der Waals surface area contributed by atoms with Crippen LogP contribution in [-0.4, -0.2) is 23.3 Å². The van der Waals surface area contributed by atoms with Crippen molar-refractivity contribution in [1.82, 2.24) is 10.3 Å². The van der Waals surface area contributed by atoms with Crippen LogP contribution in [0, 0.1) is 18.6 Å². The molecule has 0 saturated carbocycles. The van der Waals surface area contributed by atoms with Crippen LogP contribution in [0.2, 0.25) is 0 Å². The molecule has 3 rings (SSSR count). The molecule has 0 bridgehead atoms. The van der Waals surface area contributed by atoms with Crippen molar-refractivity contribution in [2.75, 3.05) is 11.9 Å². The smallest absolute Gasteiger partial charge is 0.313 e. The predicted octanol–water partition coefficient (Wildman–Crippen LogP) is 3.69. The molecule has 2 N–H and O–H groups in total. The summed E-state index contributed by atoms with van der Waals surface area (Å²) in [6.45, 7) is 1.83. The Hall–Kier alpha value is -3.13. The summed E-state index contributed by atoms with van der Waals surface area (Å²) in [4.78, 5) is 28.2. The third-order valence-electron chi connectivity index (χ3n) is 3.95.